The van der Waals surface area contributed by atoms with Crippen molar-refractivity contribution in [3.63, 3.8) is 0 Å². The second-order valence-electron chi connectivity index (χ2n) is 6.98. The minimum Gasteiger partial charge on any atom is -0.474 e. The summed E-state index contributed by atoms with van der Waals surface area (Å²) in [6.07, 6.45) is 7.28. The molecular weight excluding hydrogens is 358 g/mol. The van der Waals surface area contributed by atoms with Gasteiger partial charge >= 0.3 is 0 Å². The Kier molecular flexibility index (Phi) is 4.99. The van der Waals surface area contributed by atoms with Crippen LogP contribution in [-0.4, -0.2) is 40.0 Å². The quantitative estimate of drug-likeness (QED) is 0.727. The van der Waals surface area contributed by atoms with Crippen molar-refractivity contribution in [3.8, 4) is 16.3 Å². The summed E-state index contributed by atoms with van der Waals surface area (Å²) in [4.78, 5) is 24.7. The van der Waals surface area contributed by atoms with E-state index in [4.69, 9.17) is 4.74 Å². The largest absolute Gasteiger partial charge is 0.474 e. The van der Waals surface area contributed by atoms with E-state index in [0.29, 0.717) is 19.0 Å². The Hall–Kier alpha value is -2.60. The van der Waals surface area contributed by atoms with E-state index in [-0.39, 0.29) is 12.0 Å². The van der Waals surface area contributed by atoms with Crippen molar-refractivity contribution in [1.82, 2.24) is 14.9 Å². The van der Waals surface area contributed by atoms with E-state index in [1.165, 1.54) is 4.88 Å². The van der Waals surface area contributed by atoms with Gasteiger partial charge in [0.1, 0.15) is 6.10 Å². The highest BCUT2D eigenvalue weighted by Gasteiger charge is 2.27. The summed E-state index contributed by atoms with van der Waals surface area (Å²) in [5.41, 5.74) is 2.85. The number of amides is 1. The molecule has 1 N–H and O–H groups in total. The first-order valence-corrected chi connectivity index (χ1v) is 10.0. The highest BCUT2D eigenvalue weighted by molar-refractivity contribution is 7.15. The predicted molar refractivity (Wildman–Crippen MR) is 107 cm³/mol. The van der Waals surface area contributed by atoms with E-state index in [2.05, 4.69) is 29.0 Å². The van der Waals surface area contributed by atoms with Gasteiger partial charge in [-0.3, -0.25) is 4.79 Å². The van der Waals surface area contributed by atoms with Gasteiger partial charge < -0.3 is 14.6 Å². The number of rotatable bonds is 4. The number of pyridine rings is 1. The van der Waals surface area contributed by atoms with E-state index in [0.717, 1.165) is 34.4 Å². The summed E-state index contributed by atoms with van der Waals surface area (Å²) >= 11 is 1.71. The summed E-state index contributed by atoms with van der Waals surface area (Å²) in [7, 11) is 0. The van der Waals surface area contributed by atoms with Gasteiger partial charge in [-0.15, -0.1) is 11.3 Å². The molecule has 140 valence electrons. The third-order valence-corrected chi connectivity index (χ3v) is 5.92. The average Bonchev–Trinajstić information content (AvgIpc) is 3.32. The molecule has 0 aliphatic carbocycles. The van der Waals surface area contributed by atoms with Gasteiger partial charge in [0, 0.05) is 65.9 Å². The van der Waals surface area contributed by atoms with E-state index in [1.54, 1.807) is 11.3 Å². The molecule has 1 aliphatic heterocycles. The maximum Gasteiger partial charge on any atom is 0.256 e. The molecule has 6 heteroatoms. The fraction of sp³-hybridized carbons (Fsp3) is 0.333. The van der Waals surface area contributed by atoms with Crippen LogP contribution in [0.5, 0.6) is 5.88 Å². The summed E-state index contributed by atoms with van der Waals surface area (Å²) < 4.78 is 5.97. The van der Waals surface area contributed by atoms with Crippen LogP contribution in [0.4, 0.5) is 0 Å². The number of hydrogen-bond donors (Lipinski definition) is 1. The third kappa shape index (κ3) is 3.90. The highest BCUT2D eigenvalue weighted by atomic mass is 32.1. The molecule has 4 rings (SSSR count). The van der Waals surface area contributed by atoms with Gasteiger partial charge in [0.25, 0.3) is 5.91 Å². The molecule has 0 spiro atoms. The number of piperidine rings is 1. The number of nitrogens with one attached hydrogen (secondary N) is 1. The highest BCUT2D eigenvalue weighted by Crippen LogP contribution is 2.31. The van der Waals surface area contributed by atoms with Crippen molar-refractivity contribution >= 4 is 17.2 Å². The molecule has 4 heterocycles. The van der Waals surface area contributed by atoms with Gasteiger partial charge in [0.2, 0.25) is 5.88 Å². The van der Waals surface area contributed by atoms with Gasteiger partial charge in [-0.2, -0.15) is 0 Å². The molecule has 27 heavy (non-hydrogen) atoms. The van der Waals surface area contributed by atoms with Crippen molar-refractivity contribution in [1.29, 1.82) is 0 Å². The van der Waals surface area contributed by atoms with E-state index < -0.39 is 0 Å². The van der Waals surface area contributed by atoms with Crippen molar-refractivity contribution in [2.45, 2.75) is 32.8 Å². The Morgan fingerprint density at radius 3 is 2.67 bits per heavy atom. The van der Waals surface area contributed by atoms with Crippen LogP contribution in [0.15, 0.2) is 42.9 Å². The molecule has 1 saturated heterocycles. The second-order valence-corrected chi connectivity index (χ2v) is 8.26. The minimum atomic E-state index is 0.0872. The van der Waals surface area contributed by atoms with Crippen LogP contribution in [-0.2, 0) is 0 Å². The molecule has 0 atom stereocenters. The van der Waals surface area contributed by atoms with E-state index in [9.17, 15) is 4.79 Å². The Labute approximate surface area is 163 Å². The van der Waals surface area contributed by atoms with Crippen molar-refractivity contribution in [2.24, 2.45) is 0 Å². The predicted octanol–water partition coefficient (Wildman–Crippen LogP) is 4.44. The van der Waals surface area contributed by atoms with Gasteiger partial charge in [0.15, 0.2) is 0 Å². The lowest BCUT2D eigenvalue weighted by Gasteiger charge is -2.32. The van der Waals surface area contributed by atoms with E-state index in [1.807, 2.05) is 42.5 Å². The number of carbonyl (C=O) groups is 1. The zero-order valence-electron chi connectivity index (χ0n) is 15.6. The number of aromatic amines is 1. The summed E-state index contributed by atoms with van der Waals surface area (Å²) in [5, 5.41) is 0. The lowest BCUT2D eigenvalue weighted by molar-refractivity contribution is 0.0588. The molecule has 5 nitrogen and oxygen atoms in total. The molecule has 0 radical (unpaired) electrons. The number of ether oxygens (including phenoxy) is 1. The van der Waals surface area contributed by atoms with Crippen LogP contribution in [0.25, 0.3) is 10.4 Å². The van der Waals surface area contributed by atoms with Crippen LogP contribution in [0.1, 0.15) is 33.6 Å². The van der Waals surface area contributed by atoms with E-state index >= 15 is 0 Å². The Balaban J connectivity index is 1.39. The van der Waals surface area contributed by atoms with Gasteiger partial charge in [-0.25, -0.2) is 4.98 Å². The fourth-order valence-corrected chi connectivity index (χ4v) is 4.26. The Bertz CT molecular complexity index is 921. The number of aromatic nitrogens is 2. The minimum absolute atomic E-state index is 0.0872. The zero-order chi connectivity index (χ0) is 18.8. The number of likely N-dealkylation sites (tertiary alicyclic amines) is 1. The number of aryl methyl sites for hydroxylation is 2. The van der Waals surface area contributed by atoms with Crippen molar-refractivity contribution in [2.75, 3.05) is 13.1 Å². The molecule has 1 fully saturated rings. The molecule has 0 aromatic carbocycles. The average molecular weight is 382 g/mol. The van der Waals surface area contributed by atoms with Crippen molar-refractivity contribution in [3.05, 3.63) is 58.9 Å². The fourth-order valence-electron chi connectivity index (χ4n) is 3.37. The molecule has 0 bridgehead atoms. The van der Waals surface area contributed by atoms with Gasteiger partial charge in [-0.05, 0) is 31.5 Å². The SMILES string of the molecule is Cc1ccc(OC2CCN(C(=O)c3c[nH]cc3-c3ccc(C)s3)CC2)nc1. The molecule has 1 aliphatic rings. The maximum absolute atomic E-state index is 13.0. The Morgan fingerprint density at radius 2 is 2.00 bits per heavy atom. The smallest absolute Gasteiger partial charge is 0.256 e. The van der Waals surface area contributed by atoms with Crippen LogP contribution in [0.3, 0.4) is 0 Å². The summed E-state index contributed by atoms with van der Waals surface area (Å²) in [6, 6.07) is 8.07. The number of thiophene rings is 1. The molecule has 0 saturated carbocycles. The lowest BCUT2D eigenvalue weighted by atomic mass is 10.1. The lowest BCUT2D eigenvalue weighted by Crippen LogP contribution is -2.41. The number of nitrogens with zero attached hydrogens (tertiary/aromatic N) is 2. The Morgan fingerprint density at radius 1 is 1.19 bits per heavy atom. The number of carbonyl (C=O) groups excluding carboxylic acids is 1. The molecule has 0 unspecified atom stereocenters. The van der Waals surface area contributed by atoms with Crippen LogP contribution in [0, 0.1) is 13.8 Å². The van der Waals surface area contributed by atoms with Gasteiger partial charge in [0.05, 0.1) is 5.56 Å². The standard InChI is InChI=1S/C21H23N3O2S/c1-14-3-6-20(23-11-14)26-16-7-9-24(10-8-16)21(25)18-13-22-12-17(18)19-5-4-15(2)27-19/h3-6,11-13,16,22H,7-10H2,1-2H3. The zero-order valence-corrected chi connectivity index (χ0v) is 16.4. The molecule has 3 aromatic rings. The monoisotopic (exact) mass is 381 g/mol. The number of H-pyrrole nitrogens is 1. The van der Waals surface area contributed by atoms with Gasteiger partial charge in [-0.1, -0.05) is 6.07 Å². The summed E-state index contributed by atoms with van der Waals surface area (Å²) in [5.74, 6) is 0.746. The maximum atomic E-state index is 13.0. The first-order valence-electron chi connectivity index (χ1n) is 9.22. The molecule has 1 amide bonds. The summed E-state index contributed by atoms with van der Waals surface area (Å²) in [6.45, 7) is 5.48. The first kappa shape index (κ1) is 17.8. The van der Waals surface area contributed by atoms with Crippen molar-refractivity contribution < 1.29 is 9.53 Å². The topological polar surface area (TPSA) is 58.2 Å². The molecule has 3 aromatic heterocycles. The molecular formula is C21H23N3O2S. The van der Waals surface area contributed by atoms with Crippen LogP contribution >= 0.6 is 11.3 Å². The van der Waals surface area contributed by atoms with Crippen LogP contribution in [0.2, 0.25) is 0 Å². The normalized spacial score (nSPS) is 15.1. The third-order valence-electron chi connectivity index (χ3n) is 4.88. The number of hydrogen-bond acceptors (Lipinski definition) is 4. The first-order chi connectivity index (χ1) is 13.1. The second kappa shape index (κ2) is 7.56. The van der Waals surface area contributed by atoms with Crippen LogP contribution < -0.4 is 4.74 Å².